The van der Waals surface area contributed by atoms with Gasteiger partial charge in [0.05, 0.1) is 38.6 Å². The summed E-state index contributed by atoms with van der Waals surface area (Å²) in [6.45, 7) is 1.67. The third-order valence-corrected chi connectivity index (χ3v) is 13.7. The molecule has 402 valence electrons. The molecular formula is C49H93NO18. The fraction of sp³-hybridized carbons (Fsp3) is 0.980. The number of unbranched alkanes of at least 4 members (excludes halogenated alkanes) is 21. The number of hydrogen-bond acceptors (Lipinski definition) is 18. The first-order valence-corrected chi connectivity index (χ1v) is 26.3. The topological polar surface area (TPSA) is 307 Å². The molecule has 3 saturated heterocycles. The molecule has 12 N–H and O–H groups in total. The molecular weight excluding hydrogens is 891 g/mol. The van der Waals surface area contributed by atoms with Gasteiger partial charge in [0.2, 0.25) is 5.91 Å². The summed E-state index contributed by atoms with van der Waals surface area (Å²) in [6.07, 6.45) is 1.35. The monoisotopic (exact) mass is 984 g/mol. The Morgan fingerprint density at radius 2 is 0.838 bits per heavy atom. The predicted molar refractivity (Wildman–Crippen MR) is 250 cm³/mol. The molecule has 0 saturated carbocycles. The van der Waals surface area contributed by atoms with Gasteiger partial charge in [-0.3, -0.25) is 4.79 Å². The van der Waals surface area contributed by atoms with Gasteiger partial charge in [-0.15, -0.1) is 0 Å². The van der Waals surface area contributed by atoms with Crippen LogP contribution in [0.15, 0.2) is 0 Å². The van der Waals surface area contributed by atoms with Crippen LogP contribution in [0.25, 0.3) is 0 Å². The fourth-order valence-corrected chi connectivity index (χ4v) is 9.25. The Morgan fingerprint density at radius 1 is 0.471 bits per heavy atom. The van der Waals surface area contributed by atoms with Gasteiger partial charge >= 0.3 is 0 Å². The number of aliphatic hydroxyl groups excluding tert-OH is 11. The van der Waals surface area contributed by atoms with Crippen molar-refractivity contribution < 1.29 is 89.4 Å². The molecule has 0 aliphatic carbocycles. The minimum atomic E-state index is -1.97. The highest BCUT2D eigenvalue weighted by atomic mass is 16.8. The highest BCUT2D eigenvalue weighted by molar-refractivity contribution is 5.76. The van der Waals surface area contributed by atoms with E-state index in [9.17, 15) is 61.0 Å². The zero-order valence-corrected chi connectivity index (χ0v) is 41.1. The van der Waals surface area contributed by atoms with Crippen molar-refractivity contribution in [3.63, 3.8) is 0 Å². The molecule has 3 aliphatic rings. The molecule has 3 aliphatic heterocycles. The van der Waals surface area contributed by atoms with Crippen molar-refractivity contribution >= 4 is 5.91 Å². The van der Waals surface area contributed by atoms with Gasteiger partial charge in [-0.05, 0) is 12.8 Å². The maximum absolute atomic E-state index is 13.2. The van der Waals surface area contributed by atoms with E-state index in [4.69, 9.17) is 28.4 Å². The maximum Gasteiger partial charge on any atom is 0.220 e. The van der Waals surface area contributed by atoms with Gasteiger partial charge < -0.3 is 89.9 Å². The minimum absolute atomic E-state index is 0.248. The normalized spacial score (nSPS) is 33.1. The Kier molecular flexibility index (Phi) is 31.5. The summed E-state index contributed by atoms with van der Waals surface area (Å²) in [5.74, 6) is -0.248. The zero-order chi connectivity index (χ0) is 49.8. The number of nitrogens with one attached hydrogen (secondary N) is 1. The zero-order valence-electron chi connectivity index (χ0n) is 41.1. The Bertz CT molecular complexity index is 1270. The van der Waals surface area contributed by atoms with Crippen molar-refractivity contribution in [1.29, 1.82) is 0 Å². The van der Waals surface area contributed by atoms with E-state index < -0.39 is 124 Å². The first kappa shape index (κ1) is 61.1. The molecule has 19 heteroatoms. The Balaban J connectivity index is 1.46. The molecule has 68 heavy (non-hydrogen) atoms. The van der Waals surface area contributed by atoms with Crippen molar-refractivity contribution in [2.75, 3.05) is 26.4 Å². The summed E-state index contributed by atoms with van der Waals surface area (Å²) in [6, 6.07) is -0.875. The van der Waals surface area contributed by atoms with Gasteiger partial charge in [-0.25, -0.2) is 0 Å². The molecule has 19 nitrogen and oxygen atoms in total. The number of hydrogen-bond donors (Lipinski definition) is 12. The van der Waals surface area contributed by atoms with E-state index in [1.54, 1.807) is 0 Å². The molecule has 3 fully saturated rings. The number of amides is 1. The molecule has 0 bridgehead atoms. The fourth-order valence-electron chi connectivity index (χ4n) is 9.25. The molecule has 1 amide bonds. The standard InChI is InChI=1S/C49H93NO18/c1-3-5-7-9-10-11-12-13-14-15-16-17-18-19-20-21-23-25-27-37(55)50-32(33(54)26-24-22-8-6-4-2)31-63-47-43(61)40(58)45(35(29-52)65-47)68-49-44(62)41(59)46(36(30-53)66-49)67-48-42(60)39(57)38(56)34(28-51)64-48/h32-36,38-49,51-54,56-62H,3-31H2,1-2H3,(H,50,55). The van der Waals surface area contributed by atoms with Crippen LogP contribution in [0.4, 0.5) is 0 Å². The van der Waals surface area contributed by atoms with Crippen LogP contribution in [-0.2, 0) is 33.2 Å². The number of aliphatic hydroxyl groups is 11. The van der Waals surface area contributed by atoms with Gasteiger partial charge in [0.25, 0.3) is 0 Å². The van der Waals surface area contributed by atoms with Gasteiger partial charge in [0, 0.05) is 6.42 Å². The lowest BCUT2D eigenvalue weighted by molar-refractivity contribution is -0.379. The van der Waals surface area contributed by atoms with Crippen molar-refractivity contribution in [2.45, 2.75) is 279 Å². The smallest absolute Gasteiger partial charge is 0.220 e. The average Bonchev–Trinajstić information content (AvgIpc) is 3.33. The first-order valence-electron chi connectivity index (χ1n) is 26.3. The maximum atomic E-state index is 13.2. The van der Waals surface area contributed by atoms with Gasteiger partial charge in [-0.2, -0.15) is 0 Å². The summed E-state index contributed by atoms with van der Waals surface area (Å²) in [5, 5.41) is 119. The van der Waals surface area contributed by atoms with E-state index >= 15 is 0 Å². The highest BCUT2D eigenvalue weighted by Gasteiger charge is 2.53. The van der Waals surface area contributed by atoms with Crippen LogP contribution in [0.2, 0.25) is 0 Å². The first-order chi connectivity index (χ1) is 32.8. The van der Waals surface area contributed by atoms with Gasteiger partial charge in [-0.1, -0.05) is 155 Å². The third kappa shape index (κ3) is 20.7. The van der Waals surface area contributed by atoms with Crippen LogP contribution in [0.3, 0.4) is 0 Å². The lowest BCUT2D eigenvalue weighted by Crippen LogP contribution is -2.66. The molecule has 0 aromatic rings. The SMILES string of the molecule is CCCCCCCCCCCCCCCCCCCCC(=O)NC(COC1OC(CO)C(OC2OC(CO)C(OC3OC(CO)C(O)C(O)C3O)C(O)C2O)C(O)C1O)C(O)CCCCCCC. The molecule has 0 aromatic heterocycles. The van der Waals surface area contributed by atoms with Crippen LogP contribution in [0, 0.1) is 0 Å². The Labute approximate surface area is 404 Å². The molecule has 3 rings (SSSR count). The summed E-state index contributed by atoms with van der Waals surface area (Å²) in [7, 11) is 0. The Hall–Kier alpha value is -1.21. The number of carbonyl (C=O) groups excluding carboxylic acids is 1. The summed E-state index contributed by atoms with van der Waals surface area (Å²) < 4.78 is 34.0. The minimum Gasteiger partial charge on any atom is -0.394 e. The van der Waals surface area contributed by atoms with Gasteiger partial charge in [0.1, 0.15) is 73.2 Å². The van der Waals surface area contributed by atoms with Crippen molar-refractivity contribution in [2.24, 2.45) is 0 Å². The summed E-state index contributed by atoms with van der Waals surface area (Å²) in [4.78, 5) is 13.2. The molecule has 0 aromatic carbocycles. The van der Waals surface area contributed by atoms with Crippen LogP contribution in [-0.4, -0.2) is 193 Å². The van der Waals surface area contributed by atoms with Crippen LogP contribution < -0.4 is 5.32 Å². The second kappa shape index (κ2) is 35.0. The van der Waals surface area contributed by atoms with E-state index in [2.05, 4.69) is 19.2 Å². The van der Waals surface area contributed by atoms with E-state index in [0.717, 1.165) is 51.4 Å². The largest absolute Gasteiger partial charge is 0.394 e. The molecule has 17 atom stereocenters. The third-order valence-electron chi connectivity index (χ3n) is 13.7. The van der Waals surface area contributed by atoms with Crippen LogP contribution in [0.1, 0.15) is 174 Å². The Morgan fingerprint density at radius 3 is 1.28 bits per heavy atom. The number of ether oxygens (including phenoxy) is 6. The highest BCUT2D eigenvalue weighted by Crippen LogP contribution is 2.33. The quantitative estimate of drug-likeness (QED) is 0.0397. The van der Waals surface area contributed by atoms with Crippen LogP contribution >= 0.6 is 0 Å². The lowest BCUT2D eigenvalue weighted by Gasteiger charge is -2.48. The number of carbonyl (C=O) groups is 1. The average molecular weight is 984 g/mol. The number of rotatable bonds is 37. The molecule has 3 heterocycles. The lowest BCUT2D eigenvalue weighted by atomic mass is 9.96. The van der Waals surface area contributed by atoms with Gasteiger partial charge in [0.15, 0.2) is 18.9 Å². The van der Waals surface area contributed by atoms with E-state index in [-0.39, 0.29) is 18.9 Å². The van der Waals surface area contributed by atoms with Crippen molar-refractivity contribution in [3.05, 3.63) is 0 Å². The van der Waals surface area contributed by atoms with Crippen molar-refractivity contribution in [1.82, 2.24) is 5.32 Å². The van der Waals surface area contributed by atoms with E-state index in [1.165, 1.54) is 89.9 Å². The molecule has 17 unspecified atom stereocenters. The van der Waals surface area contributed by atoms with Crippen molar-refractivity contribution in [3.8, 4) is 0 Å². The molecule has 0 spiro atoms. The predicted octanol–water partition coefficient (Wildman–Crippen LogP) is 2.09. The second-order valence-corrected chi connectivity index (χ2v) is 19.4. The van der Waals surface area contributed by atoms with Crippen LogP contribution in [0.5, 0.6) is 0 Å². The second-order valence-electron chi connectivity index (χ2n) is 19.4. The molecule has 0 radical (unpaired) electrons. The summed E-state index contributed by atoms with van der Waals surface area (Å²) in [5.41, 5.74) is 0. The van der Waals surface area contributed by atoms with E-state index in [0.29, 0.717) is 12.8 Å². The summed E-state index contributed by atoms with van der Waals surface area (Å²) >= 11 is 0. The van der Waals surface area contributed by atoms with E-state index in [1.807, 2.05) is 0 Å².